The van der Waals surface area contributed by atoms with E-state index in [1.807, 2.05) is 6.92 Å². The number of carbonyl (C=O) groups is 2. The maximum absolute atomic E-state index is 12.5. The van der Waals surface area contributed by atoms with Gasteiger partial charge in [-0.15, -0.1) is 0 Å². The van der Waals surface area contributed by atoms with Crippen LogP contribution in [0.25, 0.3) is 0 Å². The van der Waals surface area contributed by atoms with Crippen molar-refractivity contribution in [1.29, 1.82) is 0 Å². The molecule has 0 spiro atoms. The number of anilines is 1. The molecule has 0 heterocycles. The van der Waals surface area contributed by atoms with Crippen molar-refractivity contribution in [2.24, 2.45) is 5.10 Å². The summed E-state index contributed by atoms with van der Waals surface area (Å²) in [4.78, 5) is 23.4. The second-order valence-electron chi connectivity index (χ2n) is 7.21. The van der Waals surface area contributed by atoms with Crippen LogP contribution in [0.3, 0.4) is 0 Å². The van der Waals surface area contributed by atoms with Crippen LogP contribution in [0, 0.1) is 6.92 Å². The molecule has 2 N–H and O–H groups in total. The number of nitrogens with one attached hydrogen (secondary N) is 2. The monoisotopic (exact) mass is 481 g/mol. The van der Waals surface area contributed by atoms with E-state index in [1.165, 1.54) is 56.6 Å². The summed E-state index contributed by atoms with van der Waals surface area (Å²) in [5, 5.41) is 6.49. The molecule has 34 heavy (non-hydrogen) atoms. The number of nitrogens with zero attached hydrogens (tertiary/aromatic N) is 1. The molecule has 2 amide bonds. The predicted molar refractivity (Wildman–Crippen MR) is 128 cm³/mol. The van der Waals surface area contributed by atoms with Crippen molar-refractivity contribution in [3.05, 3.63) is 83.4 Å². The molecule has 9 nitrogen and oxygen atoms in total. The van der Waals surface area contributed by atoms with E-state index in [0.29, 0.717) is 22.6 Å². The summed E-state index contributed by atoms with van der Waals surface area (Å²) in [6.45, 7) is 3.25. The van der Waals surface area contributed by atoms with Gasteiger partial charge >= 0.3 is 10.1 Å². The molecule has 0 radical (unpaired) electrons. The molecular weight excluding hydrogens is 458 g/mol. The van der Waals surface area contributed by atoms with Gasteiger partial charge in [0.1, 0.15) is 16.4 Å². The first-order valence-electron chi connectivity index (χ1n) is 10.1. The second-order valence-corrected chi connectivity index (χ2v) is 8.76. The number of aryl methyl sites for hydroxylation is 1. The third-order valence-corrected chi connectivity index (χ3v) is 5.79. The van der Waals surface area contributed by atoms with Crippen LogP contribution >= 0.6 is 0 Å². The Morgan fingerprint density at radius 2 is 1.65 bits per heavy atom. The molecule has 0 aliphatic rings. The highest BCUT2D eigenvalue weighted by atomic mass is 32.2. The first-order valence-corrected chi connectivity index (χ1v) is 11.5. The number of methoxy groups -OCH3 is 1. The lowest BCUT2D eigenvalue weighted by molar-refractivity contribution is -0.114. The summed E-state index contributed by atoms with van der Waals surface area (Å²) in [6.07, 6.45) is 1.41. The molecule has 0 aliphatic carbocycles. The van der Waals surface area contributed by atoms with Crippen molar-refractivity contribution in [1.82, 2.24) is 5.43 Å². The van der Waals surface area contributed by atoms with E-state index >= 15 is 0 Å². The lowest BCUT2D eigenvalue weighted by Gasteiger charge is -2.08. The highest BCUT2D eigenvalue weighted by Gasteiger charge is 2.17. The van der Waals surface area contributed by atoms with Crippen molar-refractivity contribution >= 4 is 33.8 Å². The largest absolute Gasteiger partial charge is 0.496 e. The summed E-state index contributed by atoms with van der Waals surface area (Å²) in [5.41, 5.74) is 4.83. The third-order valence-electron chi connectivity index (χ3n) is 4.53. The average molecular weight is 482 g/mol. The van der Waals surface area contributed by atoms with Gasteiger partial charge in [-0.1, -0.05) is 6.07 Å². The Morgan fingerprint density at radius 3 is 2.26 bits per heavy atom. The van der Waals surface area contributed by atoms with Crippen LogP contribution in [0.5, 0.6) is 11.5 Å². The van der Waals surface area contributed by atoms with Gasteiger partial charge in [0.25, 0.3) is 5.91 Å². The van der Waals surface area contributed by atoms with E-state index in [-0.39, 0.29) is 16.6 Å². The van der Waals surface area contributed by atoms with Gasteiger partial charge in [0.2, 0.25) is 5.91 Å². The molecule has 0 unspecified atom stereocenters. The average Bonchev–Trinajstić information content (AvgIpc) is 2.79. The number of hydrazone groups is 1. The van der Waals surface area contributed by atoms with E-state index in [9.17, 15) is 18.0 Å². The molecule has 0 saturated carbocycles. The molecule has 0 fully saturated rings. The minimum Gasteiger partial charge on any atom is -0.496 e. The molecule has 0 saturated heterocycles. The van der Waals surface area contributed by atoms with Crippen LogP contribution in [0.15, 0.2) is 76.7 Å². The molecular formula is C24H23N3O6S. The van der Waals surface area contributed by atoms with Crippen LogP contribution < -0.4 is 19.7 Å². The van der Waals surface area contributed by atoms with Gasteiger partial charge in [-0.25, -0.2) is 5.43 Å². The zero-order valence-electron chi connectivity index (χ0n) is 18.7. The van der Waals surface area contributed by atoms with Crippen LogP contribution in [0.2, 0.25) is 0 Å². The van der Waals surface area contributed by atoms with Crippen LogP contribution in [-0.4, -0.2) is 33.6 Å². The standard InChI is InChI=1S/C24H23N3O6S/c1-16-4-13-22(23(14-16)32-3)24(29)27-25-15-18-5-9-20(10-6-18)33-34(30,31)21-11-7-19(8-12-21)26-17(2)28/h4-15H,1-3H3,(H,26,28)(H,27,29)/b25-15-. The van der Waals surface area contributed by atoms with E-state index in [1.54, 1.807) is 30.3 Å². The number of benzene rings is 3. The van der Waals surface area contributed by atoms with Crippen molar-refractivity contribution in [2.75, 3.05) is 12.4 Å². The van der Waals surface area contributed by atoms with Crippen LogP contribution in [0.1, 0.15) is 28.4 Å². The lowest BCUT2D eigenvalue weighted by Crippen LogP contribution is -2.18. The summed E-state index contributed by atoms with van der Waals surface area (Å²) < 4.78 is 35.3. The number of hydrogen-bond donors (Lipinski definition) is 2. The van der Waals surface area contributed by atoms with E-state index in [4.69, 9.17) is 8.92 Å². The fourth-order valence-electron chi connectivity index (χ4n) is 2.90. The smallest absolute Gasteiger partial charge is 0.339 e. The topological polar surface area (TPSA) is 123 Å². The van der Waals surface area contributed by atoms with E-state index < -0.39 is 16.0 Å². The van der Waals surface area contributed by atoms with Gasteiger partial charge in [-0.05, 0) is 78.7 Å². The first-order chi connectivity index (χ1) is 16.2. The Bertz CT molecular complexity index is 1320. The highest BCUT2D eigenvalue weighted by molar-refractivity contribution is 7.87. The summed E-state index contributed by atoms with van der Waals surface area (Å²) >= 11 is 0. The SMILES string of the molecule is COc1cc(C)ccc1C(=O)N/N=C\c1ccc(OS(=O)(=O)c2ccc(NC(C)=O)cc2)cc1. The fraction of sp³-hybridized carbons (Fsp3) is 0.125. The van der Waals surface area contributed by atoms with Gasteiger partial charge in [0.05, 0.1) is 18.9 Å². The Morgan fingerprint density at radius 1 is 0.971 bits per heavy atom. The molecule has 10 heteroatoms. The van der Waals surface area contributed by atoms with Crippen molar-refractivity contribution in [3.8, 4) is 11.5 Å². The Kier molecular flexibility index (Phi) is 7.64. The van der Waals surface area contributed by atoms with Crippen molar-refractivity contribution in [2.45, 2.75) is 18.7 Å². The Balaban J connectivity index is 1.62. The van der Waals surface area contributed by atoms with Crippen LogP contribution in [-0.2, 0) is 14.9 Å². The number of hydrogen-bond acceptors (Lipinski definition) is 7. The molecule has 0 atom stereocenters. The zero-order valence-corrected chi connectivity index (χ0v) is 19.5. The number of rotatable bonds is 8. The Labute approximate surface area is 197 Å². The van der Waals surface area contributed by atoms with E-state index in [0.717, 1.165) is 5.56 Å². The molecule has 0 aliphatic heterocycles. The molecule has 3 aromatic rings. The lowest BCUT2D eigenvalue weighted by atomic mass is 10.1. The normalized spacial score (nSPS) is 11.1. The highest BCUT2D eigenvalue weighted by Crippen LogP contribution is 2.21. The van der Waals surface area contributed by atoms with Gasteiger partial charge in [0.15, 0.2) is 0 Å². The maximum atomic E-state index is 12.5. The van der Waals surface area contributed by atoms with Gasteiger partial charge < -0.3 is 14.2 Å². The third kappa shape index (κ3) is 6.42. The van der Waals surface area contributed by atoms with Gasteiger partial charge in [-0.3, -0.25) is 9.59 Å². The zero-order chi connectivity index (χ0) is 24.7. The molecule has 3 rings (SSSR count). The molecule has 0 aromatic heterocycles. The molecule has 176 valence electrons. The minimum absolute atomic E-state index is 0.0542. The Hall–Kier alpha value is -4.18. The summed E-state index contributed by atoms with van der Waals surface area (Å²) in [7, 11) is -2.57. The van der Waals surface area contributed by atoms with Gasteiger partial charge in [0, 0.05) is 12.6 Å². The molecule has 0 bridgehead atoms. The van der Waals surface area contributed by atoms with Gasteiger partial charge in [-0.2, -0.15) is 13.5 Å². The second kappa shape index (κ2) is 10.6. The summed E-state index contributed by atoms with van der Waals surface area (Å²) in [5.74, 6) is -0.134. The minimum atomic E-state index is -4.06. The van der Waals surface area contributed by atoms with Crippen molar-refractivity contribution < 1.29 is 26.9 Å². The fourth-order valence-corrected chi connectivity index (χ4v) is 3.83. The molecule has 3 aromatic carbocycles. The van der Waals surface area contributed by atoms with Crippen LogP contribution in [0.4, 0.5) is 5.69 Å². The maximum Gasteiger partial charge on any atom is 0.339 e. The first kappa shape index (κ1) is 24.5. The van der Waals surface area contributed by atoms with E-state index in [2.05, 4.69) is 15.8 Å². The summed E-state index contributed by atoms with van der Waals surface area (Å²) in [6, 6.07) is 16.9. The number of carbonyl (C=O) groups excluding carboxylic acids is 2. The quantitative estimate of drug-likeness (QED) is 0.288. The van der Waals surface area contributed by atoms with Crippen molar-refractivity contribution in [3.63, 3.8) is 0 Å². The number of ether oxygens (including phenoxy) is 1. The predicted octanol–water partition coefficient (Wildman–Crippen LogP) is 3.49. The number of amides is 2.